The SMILES string of the molecule is CC(C)NC(C(=O)O)c1ccc(OC(F)(F)F)cc1. The highest BCUT2D eigenvalue weighted by atomic mass is 19.4. The number of carbonyl (C=O) groups is 1. The molecule has 19 heavy (non-hydrogen) atoms. The van der Waals surface area contributed by atoms with Crippen molar-refractivity contribution in [1.29, 1.82) is 0 Å². The Balaban J connectivity index is 2.86. The van der Waals surface area contributed by atoms with Crippen molar-refractivity contribution in [3.8, 4) is 5.75 Å². The fourth-order valence-electron chi connectivity index (χ4n) is 1.51. The number of hydrogen-bond acceptors (Lipinski definition) is 3. The molecule has 0 saturated carbocycles. The molecule has 106 valence electrons. The first-order chi connectivity index (χ1) is 8.69. The molecule has 1 aromatic rings. The summed E-state index contributed by atoms with van der Waals surface area (Å²) >= 11 is 0. The number of ether oxygens (including phenoxy) is 1. The first-order valence-corrected chi connectivity index (χ1v) is 5.53. The van der Waals surface area contributed by atoms with Crippen molar-refractivity contribution in [2.45, 2.75) is 32.3 Å². The fourth-order valence-corrected chi connectivity index (χ4v) is 1.51. The van der Waals surface area contributed by atoms with Crippen LogP contribution in [0.15, 0.2) is 24.3 Å². The molecule has 1 unspecified atom stereocenters. The lowest BCUT2D eigenvalue weighted by Gasteiger charge is -2.18. The monoisotopic (exact) mass is 277 g/mol. The van der Waals surface area contributed by atoms with Gasteiger partial charge in [0.2, 0.25) is 0 Å². The van der Waals surface area contributed by atoms with E-state index in [1.807, 2.05) is 0 Å². The van der Waals surface area contributed by atoms with E-state index in [-0.39, 0.29) is 11.8 Å². The second-order valence-corrected chi connectivity index (χ2v) is 4.21. The highest BCUT2D eigenvalue weighted by Crippen LogP contribution is 2.24. The Kier molecular flexibility index (Phi) is 4.77. The second kappa shape index (κ2) is 5.92. The first kappa shape index (κ1) is 15.3. The molecule has 0 aliphatic carbocycles. The number of carboxylic acids is 1. The molecule has 0 aromatic heterocycles. The Labute approximate surface area is 108 Å². The van der Waals surface area contributed by atoms with E-state index in [0.717, 1.165) is 12.1 Å². The van der Waals surface area contributed by atoms with Gasteiger partial charge in [-0.15, -0.1) is 13.2 Å². The molecule has 0 amide bonds. The summed E-state index contributed by atoms with van der Waals surface area (Å²) in [6.45, 7) is 3.55. The third-order valence-corrected chi connectivity index (χ3v) is 2.19. The molecule has 7 heteroatoms. The van der Waals surface area contributed by atoms with Crippen molar-refractivity contribution >= 4 is 5.97 Å². The predicted molar refractivity (Wildman–Crippen MR) is 61.8 cm³/mol. The normalized spacial score (nSPS) is 13.4. The maximum absolute atomic E-state index is 12.0. The molecule has 4 nitrogen and oxygen atoms in total. The minimum Gasteiger partial charge on any atom is -0.480 e. The summed E-state index contributed by atoms with van der Waals surface area (Å²) in [5.41, 5.74) is 0.357. The van der Waals surface area contributed by atoms with Gasteiger partial charge in [0.05, 0.1) is 0 Å². The van der Waals surface area contributed by atoms with Gasteiger partial charge in [-0.2, -0.15) is 0 Å². The van der Waals surface area contributed by atoms with Gasteiger partial charge in [-0.1, -0.05) is 12.1 Å². The van der Waals surface area contributed by atoms with E-state index in [9.17, 15) is 18.0 Å². The quantitative estimate of drug-likeness (QED) is 0.868. The predicted octanol–water partition coefficient (Wildman–Crippen LogP) is 2.71. The van der Waals surface area contributed by atoms with E-state index in [2.05, 4.69) is 10.1 Å². The van der Waals surface area contributed by atoms with Crippen LogP contribution in [0.4, 0.5) is 13.2 Å². The molecule has 1 atom stereocenters. The number of benzene rings is 1. The summed E-state index contributed by atoms with van der Waals surface area (Å²) in [4.78, 5) is 11.1. The lowest BCUT2D eigenvalue weighted by molar-refractivity contribution is -0.274. The van der Waals surface area contributed by atoms with Crippen LogP contribution in [0.25, 0.3) is 0 Å². The van der Waals surface area contributed by atoms with E-state index in [0.29, 0.717) is 5.56 Å². The van der Waals surface area contributed by atoms with Crippen LogP contribution in [-0.4, -0.2) is 23.5 Å². The highest BCUT2D eigenvalue weighted by molar-refractivity contribution is 5.75. The van der Waals surface area contributed by atoms with Gasteiger partial charge in [0.25, 0.3) is 0 Å². The van der Waals surface area contributed by atoms with Gasteiger partial charge in [-0.05, 0) is 31.5 Å². The minimum absolute atomic E-state index is 0.0767. The van der Waals surface area contributed by atoms with Gasteiger partial charge < -0.3 is 9.84 Å². The molecule has 0 heterocycles. The van der Waals surface area contributed by atoms with E-state index < -0.39 is 18.4 Å². The highest BCUT2D eigenvalue weighted by Gasteiger charge is 2.31. The van der Waals surface area contributed by atoms with Gasteiger partial charge >= 0.3 is 12.3 Å². The standard InChI is InChI=1S/C12H14F3NO3/c1-7(2)16-10(11(17)18)8-3-5-9(6-4-8)19-12(13,14)15/h3-7,10,16H,1-2H3,(H,17,18). The summed E-state index contributed by atoms with van der Waals surface area (Å²) in [7, 11) is 0. The van der Waals surface area contributed by atoms with Crippen LogP contribution < -0.4 is 10.1 Å². The number of rotatable bonds is 5. The smallest absolute Gasteiger partial charge is 0.480 e. The average Bonchev–Trinajstić information content (AvgIpc) is 2.24. The summed E-state index contributed by atoms with van der Waals surface area (Å²) in [5.74, 6) is -1.48. The summed E-state index contributed by atoms with van der Waals surface area (Å²) < 4.78 is 39.6. The van der Waals surface area contributed by atoms with Crippen molar-refractivity contribution < 1.29 is 27.8 Å². The van der Waals surface area contributed by atoms with Gasteiger partial charge in [0.1, 0.15) is 11.8 Å². The van der Waals surface area contributed by atoms with Crippen molar-refractivity contribution in [2.24, 2.45) is 0 Å². The number of carboxylic acid groups (broad SMARTS) is 1. The summed E-state index contributed by atoms with van der Waals surface area (Å²) in [6, 6.07) is 3.69. The third kappa shape index (κ3) is 5.17. The average molecular weight is 277 g/mol. The molecule has 0 saturated heterocycles. The molecule has 0 spiro atoms. The van der Waals surface area contributed by atoms with E-state index in [1.54, 1.807) is 13.8 Å². The fraction of sp³-hybridized carbons (Fsp3) is 0.417. The molecule has 0 aliphatic heterocycles. The van der Waals surface area contributed by atoms with Crippen molar-refractivity contribution in [3.05, 3.63) is 29.8 Å². The Morgan fingerprint density at radius 3 is 2.16 bits per heavy atom. The number of alkyl halides is 3. The van der Waals surface area contributed by atoms with Crippen LogP contribution in [0.1, 0.15) is 25.5 Å². The van der Waals surface area contributed by atoms with Crippen molar-refractivity contribution in [1.82, 2.24) is 5.32 Å². The van der Waals surface area contributed by atoms with Crippen molar-refractivity contribution in [2.75, 3.05) is 0 Å². The Morgan fingerprint density at radius 1 is 1.26 bits per heavy atom. The van der Waals surface area contributed by atoms with Gasteiger partial charge in [0, 0.05) is 6.04 Å². The lowest BCUT2D eigenvalue weighted by Crippen LogP contribution is -2.33. The maximum atomic E-state index is 12.0. The molecule has 0 fully saturated rings. The molecular weight excluding hydrogens is 263 g/mol. The summed E-state index contributed by atoms with van der Waals surface area (Å²) in [6.07, 6.45) is -4.76. The molecule has 0 bridgehead atoms. The molecule has 1 aromatic carbocycles. The zero-order valence-electron chi connectivity index (χ0n) is 10.4. The minimum atomic E-state index is -4.76. The van der Waals surface area contributed by atoms with Crippen LogP contribution in [0.3, 0.4) is 0 Å². The number of nitrogens with one attached hydrogen (secondary N) is 1. The van der Waals surface area contributed by atoms with Crippen LogP contribution in [0.2, 0.25) is 0 Å². The zero-order valence-corrected chi connectivity index (χ0v) is 10.4. The van der Waals surface area contributed by atoms with Gasteiger partial charge in [0.15, 0.2) is 0 Å². The Hall–Kier alpha value is -1.76. The molecular formula is C12H14F3NO3. The first-order valence-electron chi connectivity index (χ1n) is 5.53. The maximum Gasteiger partial charge on any atom is 0.573 e. The molecule has 0 aliphatic rings. The van der Waals surface area contributed by atoms with Crippen LogP contribution in [0.5, 0.6) is 5.75 Å². The lowest BCUT2D eigenvalue weighted by atomic mass is 10.1. The Bertz CT molecular complexity index is 429. The van der Waals surface area contributed by atoms with E-state index >= 15 is 0 Å². The van der Waals surface area contributed by atoms with Gasteiger partial charge in [-0.3, -0.25) is 10.1 Å². The second-order valence-electron chi connectivity index (χ2n) is 4.21. The molecule has 2 N–H and O–H groups in total. The number of hydrogen-bond donors (Lipinski definition) is 2. The third-order valence-electron chi connectivity index (χ3n) is 2.19. The summed E-state index contributed by atoms with van der Waals surface area (Å²) in [5, 5.41) is 11.9. The zero-order chi connectivity index (χ0) is 14.6. The molecule has 1 rings (SSSR count). The van der Waals surface area contributed by atoms with E-state index in [4.69, 9.17) is 5.11 Å². The van der Waals surface area contributed by atoms with Crippen LogP contribution in [-0.2, 0) is 4.79 Å². The number of halogens is 3. The Morgan fingerprint density at radius 2 is 1.79 bits per heavy atom. The topological polar surface area (TPSA) is 58.6 Å². The largest absolute Gasteiger partial charge is 0.573 e. The van der Waals surface area contributed by atoms with Crippen molar-refractivity contribution in [3.63, 3.8) is 0 Å². The van der Waals surface area contributed by atoms with E-state index in [1.165, 1.54) is 12.1 Å². The molecule has 0 radical (unpaired) electrons. The van der Waals surface area contributed by atoms with Crippen LogP contribution >= 0.6 is 0 Å². The number of aliphatic carboxylic acids is 1. The van der Waals surface area contributed by atoms with Crippen LogP contribution in [0, 0.1) is 0 Å². The van der Waals surface area contributed by atoms with Gasteiger partial charge in [-0.25, -0.2) is 0 Å².